The predicted octanol–water partition coefficient (Wildman–Crippen LogP) is 2.11. The van der Waals surface area contributed by atoms with Crippen LogP contribution in [0, 0.1) is 6.92 Å². The summed E-state index contributed by atoms with van der Waals surface area (Å²) in [6.45, 7) is 5.25. The van der Waals surface area contributed by atoms with E-state index in [4.69, 9.17) is 4.55 Å². The minimum Gasteiger partial charge on any atom is -0.285 e. The first-order chi connectivity index (χ1) is 6.45. The number of hydrogen-bond acceptors (Lipinski definition) is 2. The highest BCUT2D eigenvalue weighted by atomic mass is 32.2. The summed E-state index contributed by atoms with van der Waals surface area (Å²) in [6.07, 6.45) is 1.21. The third-order valence-electron chi connectivity index (χ3n) is 1.91. The highest BCUT2D eigenvalue weighted by molar-refractivity contribution is 7.86. The molecule has 76 valence electrons. The lowest BCUT2D eigenvalue weighted by atomic mass is 10.1. The predicted molar refractivity (Wildman–Crippen MR) is 55.7 cm³/mol. The monoisotopic (exact) mass is 212 g/mol. The van der Waals surface area contributed by atoms with Crippen molar-refractivity contribution >= 4 is 10.1 Å². The van der Waals surface area contributed by atoms with Crippen molar-refractivity contribution in [3.05, 3.63) is 48.0 Å². The molecule has 0 saturated heterocycles. The van der Waals surface area contributed by atoms with E-state index in [1.807, 2.05) is 13.0 Å². The van der Waals surface area contributed by atoms with Gasteiger partial charge in [0.2, 0.25) is 0 Å². The van der Waals surface area contributed by atoms with Crippen LogP contribution in [0.15, 0.2) is 36.9 Å². The van der Waals surface area contributed by atoms with E-state index in [9.17, 15) is 8.42 Å². The van der Waals surface area contributed by atoms with Crippen molar-refractivity contribution in [1.29, 1.82) is 0 Å². The second-order valence-electron chi connectivity index (χ2n) is 3.09. The van der Waals surface area contributed by atoms with Gasteiger partial charge in [0.05, 0.1) is 0 Å². The van der Waals surface area contributed by atoms with E-state index >= 15 is 0 Å². The number of hydrogen-bond donors (Lipinski definition) is 1. The lowest BCUT2D eigenvalue weighted by molar-refractivity contribution is 0.476. The van der Waals surface area contributed by atoms with Gasteiger partial charge in [-0.3, -0.25) is 4.55 Å². The normalized spacial score (nSPS) is 13.6. The Morgan fingerprint density at radius 3 is 2.57 bits per heavy atom. The molecule has 4 heteroatoms. The average Bonchev–Trinajstić information content (AvgIpc) is 2.02. The molecule has 0 radical (unpaired) electrons. The van der Waals surface area contributed by atoms with Gasteiger partial charge in [0.15, 0.2) is 0 Å². The van der Waals surface area contributed by atoms with Crippen molar-refractivity contribution in [2.75, 3.05) is 0 Å². The number of aryl methyl sites for hydroxylation is 1. The van der Waals surface area contributed by atoms with Gasteiger partial charge in [-0.1, -0.05) is 35.9 Å². The Morgan fingerprint density at radius 2 is 2.14 bits per heavy atom. The standard InChI is InChI=1S/C10H12O3S/c1-3-10(14(11,12)13)9-6-4-5-8(2)7-9/h3-7,10H,1H2,2H3,(H,11,12,13)/t10-/m0/s1. The summed E-state index contributed by atoms with van der Waals surface area (Å²) in [5, 5.41) is -1.04. The maximum Gasteiger partial charge on any atom is 0.275 e. The van der Waals surface area contributed by atoms with Gasteiger partial charge in [-0.15, -0.1) is 6.58 Å². The molecule has 1 aromatic rings. The van der Waals surface area contributed by atoms with Crippen molar-refractivity contribution < 1.29 is 13.0 Å². The number of rotatable bonds is 3. The molecule has 1 N–H and O–H groups in total. The molecule has 0 fully saturated rings. The van der Waals surface area contributed by atoms with Crippen LogP contribution in [-0.2, 0) is 10.1 Å². The van der Waals surface area contributed by atoms with Gasteiger partial charge in [0.25, 0.3) is 10.1 Å². The van der Waals surface area contributed by atoms with Gasteiger partial charge in [0, 0.05) is 0 Å². The molecule has 0 saturated carbocycles. The summed E-state index contributed by atoms with van der Waals surface area (Å²) >= 11 is 0. The molecular formula is C10H12O3S. The van der Waals surface area contributed by atoms with Crippen LogP contribution < -0.4 is 0 Å². The molecular weight excluding hydrogens is 200 g/mol. The average molecular weight is 212 g/mol. The van der Waals surface area contributed by atoms with Crippen molar-refractivity contribution in [2.24, 2.45) is 0 Å². The van der Waals surface area contributed by atoms with Gasteiger partial charge in [-0.25, -0.2) is 0 Å². The van der Waals surface area contributed by atoms with Crippen molar-refractivity contribution in [3.8, 4) is 0 Å². The Morgan fingerprint density at radius 1 is 1.50 bits per heavy atom. The molecule has 0 aromatic heterocycles. The van der Waals surface area contributed by atoms with E-state index in [0.717, 1.165) is 5.56 Å². The van der Waals surface area contributed by atoms with Crippen LogP contribution in [-0.4, -0.2) is 13.0 Å². The Bertz CT molecular complexity index is 434. The van der Waals surface area contributed by atoms with Crippen molar-refractivity contribution in [1.82, 2.24) is 0 Å². The molecule has 3 nitrogen and oxygen atoms in total. The Kier molecular flexibility index (Phi) is 3.08. The summed E-state index contributed by atoms with van der Waals surface area (Å²) in [6, 6.07) is 6.95. The fraction of sp³-hybridized carbons (Fsp3) is 0.200. The summed E-state index contributed by atoms with van der Waals surface area (Å²) in [7, 11) is -4.10. The zero-order chi connectivity index (χ0) is 10.8. The summed E-state index contributed by atoms with van der Waals surface area (Å²) in [5.74, 6) is 0. The quantitative estimate of drug-likeness (QED) is 0.616. The first-order valence-corrected chi connectivity index (χ1v) is 5.61. The van der Waals surface area contributed by atoms with Gasteiger partial charge in [0.1, 0.15) is 5.25 Å². The van der Waals surface area contributed by atoms with Gasteiger partial charge >= 0.3 is 0 Å². The molecule has 1 rings (SSSR count). The highest BCUT2D eigenvalue weighted by Crippen LogP contribution is 2.22. The molecule has 0 aliphatic carbocycles. The molecule has 1 aromatic carbocycles. The Labute approximate surface area is 83.8 Å². The van der Waals surface area contributed by atoms with Crippen LogP contribution in [0.5, 0.6) is 0 Å². The van der Waals surface area contributed by atoms with Crippen LogP contribution in [0.3, 0.4) is 0 Å². The Hall–Kier alpha value is -1.13. The van der Waals surface area contributed by atoms with Crippen LogP contribution in [0.2, 0.25) is 0 Å². The molecule has 0 aliphatic heterocycles. The maximum absolute atomic E-state index is 11.0. The third kappa shape index (κ3) is 2.43. The minimum absolute atomic E-state index is 0.530. The molecule has 0 aliphatic rings. The van der Waals surface area contributed by atoms with E-state index < -0.39 is 15.4 Å². The molecule has 0 amide bonds. The van der Waals surface area contributed by atoms with E-state index in [-0.39, 0.29) is 0 Å². The molecule has 0 heterocycles. The van der Waals surface area contributed by atoms with Crippen LogP contribution in [0.25, 0.3) is 0 Å². The van der Waals surface area contributed by atoms with Crippen LogP contribution >= 0.6 is 0 Å². The summed E-state index contributed by atoms with van der Waals surface area (Å²) in [5.41, 5.74) is 1.47. The Balaban J connectivity index is 3.21. The van der Waals surface area contributed by atoms with E-state index in [1.54, 1.807) is 18.2 Å². The minimum atomic E-state index is -4.10. The van der Waals surface area contributed by atoms with Crippen LogP contribution in [0.1, 0.15) is 16.4 Å². The second-order valence-corrected chi connectivity index (χ2v) is 4.62. The first kappa shape index (κ1) is 10.9. The van der Waals surface area contributed by atoms with Crippen molar-refractivity contribution in [3.63, 3.8) is 0 Å². The smallest absolute Gasteiger partial charge is 0.275 e. The molecule has 1 atom stereocenters. The fourth-order valence-electron chi connectivity index (χ4n) is 1.28. The van der Waals surface area contributed by atoms with Gasteiger partial charge < -0.3 is 0 Å². The van der Waals surface area contributed by atoms with Crippen LogP contribution in [0.4, 0.5) is 0 Å². The third-order valence-corrected chi connectivity index (χ3v) is 3.01. The van der Waals surface area contributed by atoms with Gasteiger partial charge in [-0.05, 0) is 12.5 Å². The SMILES string of the molecule is C=C[C@@H](c1cccc(C)c1)S(=O)(=O)O. The molecule has 14 heavy (non-hydrogen) atoms. The maximum atomic E-state index is 11.0. The molecule has 0 spiro atoms. The topological polar surface area (TPSA) is 54.4 Å². The lowest BCUT2D eigenvalue weighted by Gasteiger charge is -2.09. The largest absolute Gasteiger partial charge is 0.285 e. The summed E-state index contributed by atoms with van der Waals surface area (Å²) in [4.78, 5) is 0. The lowest BCUT2D eigenvalue weighted by Crippen LogP contribution is -2.09. The zero-order valence-electron chi connectivity index (χ0n) is 7.84. The summed E-state index contributed by atoms with van der Waals surface area (Å²) < 4.78 is 30.8. The van der Waals surface area contributed by atoms with E-state index in [1.165, 1.54) is 6.08 Å². The van der Waals surface area contributed by atoms with Gasteiger partial charge in [-0.2, -0.15) is 8.42 Å². The van der Waals surface area contributed by atoms with E-state index in [2.05, 4.69) is 6.58 Å². The zero-order valence-corrected chi connectivity index (χ0v) is 8.66. The van der Waals surface area contributed by atoms with E-state index in [0.29, 0.717) is 5.56 Å². The molecule has 0 unspecified atom stereocenters. The molecule has 0 bridgehead atoms. The van der Waals surface area contributed by atoms with Crippen molar-refractivity contribution in [2.45, 2.75) is 12.2 Å². The second kappa shape index (κ2) is 3.94. The fourth-order valence-corrected chi connectivity index (χ4v) is 2.01. The highest BCUT2D eigenvalue weighted by Gasteiger charge is 2.21. The first-order valence-electron chi connectivity index (χ1n) is 4.10. The number of benzene rings is 1.